The Morgan fingerprint density at radius 1 is 1.53 bits per heavy atom. The minimum Gasteiger partial charge on any atom is -0.480 e. The molecule has 2 unspecified atom stereocenters. The van der Waals surface area contributed by atoms with Crippen LogP contribution in [0.5, 0.6) is 0 Å². The summed E-state index contributed by atoms with van der Waals surface area (Å²) in [6, 6.07) is -1.10. The molecule has 0 aromatic rings. The van der Waals surface area contributed by atoms with Gasteiger partial charge in [-0.2, -0.15) is 0 Å². The van der Waals surface area contributed by atoms with E-state index in [4.69, 9.17) is 9.84 Å². The highest BCUT2D eigenvalue weighted by atomic mass is 32.2. The van der Waals surface area contributed by atoms with Gasteiger partial charge in [0.05, 0.1) is 11.0 Å². The lowest BCUT2D eigenvalue weighted by Gasteiger charge is -2.29. The second-order valence-electron chi connectivity index (χ2n) is 5.05. The van der Waals surface area contributed by atoms with Crippen molar-refractivity contribution in [1.29, 1.82) is 0 Å². The largest absolute Gasteiger partial charge is 0.480 e. The Kier molecular flexibility index (Phi) is 5.49. The van der Waals surface area contributed by atoms with Gasteiger partial charge in [0.15, 0.2) is 0 Å². The van der Waals surface area contributed by atoms with E-state index >= 15 is 0 Å². The van der Waals surface area contributed by atoms with Crippen molar-refractivity contribution in [2.75, 3.05) is 18.9 Å². The standard InChI is InChI=1S/C12H22N2O4S/c1-5-18-12(3,4)7-13-11(17)14-8(2)19-6-9(14)10(15)16/h8-9H,5-7H2,1-4H3,(H,13,17)(H,15,16). The molecule has 110 valence electrons. The molecule has 19 heavy (non-hydrogen) atoms. The van der Waals surface area contributed by atoms with Gasteiger partial charge in [0.25, 0.3) is 0 Å². The van der Waals surface area contributed by atoms with Gasteiger partial charge in [-0.15, -0.1) is 11.8 Å². The minimum absolute atomic E-state index is 0.128. The highest BCUT2D eigenvalue weighted by Crippen LogP contribution is 2.28. The SMILES string of the molecule is CCOC(C)(C)CNC(=O)N1C(C)SCC1C(=O)O. The van der Waals surface area contributed by atoms with E-state index in [2.05, 4.69) is 5.32 Å². The molecule has 2 atom stereocenters. The van der Waals surface area contributed by atoms with Crippen LogP contribution in [0.2, 0.25) is 0 Å². The number of hydrogen-bond acceptors (Lipinski definition) is 4. The summed E-state index contributed by atoms with van der Waals surface area (Å²) < 4.78 is 5.49. The van der Waals surface area contributed by atoms with Gasteiger partial charge in [-0.3, -0.25) is 4.90 Å². The van der Waals surface area contributed by atoms with E-state index in [0.29, 0.717) is 18.9 Å². The van der Waals surface area contributed by atoms with Crippen molar-refractivity contribution in [2.45, 2.75) is 44.7 Å². The van der Waals surface area contributed by atoms with Crippen molar-refractivity contribution < 1.29 is 19.4 Å². The molecule has 1 heterocycles. The smallest absolute Gasteiger partial charge is 0.327 e. The lowest BCUT2D eigenvalue weighted by molar-refractivity contribution is -0.141. The highest BCUT2D eigenvalue weighted by molar-refractivity contribution is 8.00. The van der Waals surface area contributed by atoms with Crippen LogP contribution in [0.3, 0.4) is 0 Å². The molecule has 0 aromatic carbocycles. The normalized spacial score (nSPS) is 23.5. The molecule has 2 N–H and O–H groups in total. The zero-order chi connectivity index (χ0) is 14.6. The maximum Gasteiger partial charge on any atom is 0.327 e. The van der Waals surface area contributed by atoms with E-state index in [0.717, 1.165) is 0 Å². The first-order valence-electron chi connectivity index (χ1n) is 6.33. The number of nitrogens with one attached hydrogen (secondary N) is 1. The Balaban J connectivity index is 2.59. The molecule has 2 amide bonds. The van der Waals surface area contributed by atoms with Gasteiger partial charge >= 0.3 is 12.0 Å². The summed E-state index contributed by atoms with van der Waals surface area (Å²) in [5.74, 6) is -0.533. The number of thioether (sulfide) groups is 1. The number of carboxylic acid groups (broad SMARTS) is 1. The van der Waals surface area contributed by atoms with E-state index in [9.17, 15) is 9.59 Å². The molecule has 1 aliphatic heterocycles. The van der Waals surface area contributed by atoms with E-state index in [1.807, 2.05) is 27.7 Å². The summed E-state index contributed by atoms with van der Waals surface area (Å²) in [7, 11) is 0. The zero-order valence-corrected chi connectivity index (χ0v) is 12.6. The Hall–Kier alpha value is -0.950. The number of ether oxygens (including phenoxy) is 1. The van der Waals surface area contributed by atoms with Crippen molar-refractivity contribution in [3.8, 4) is 0 Å². The predicted molar refractivity (Wildman–Crippen MR) is 74.3 cm³/mol. The molecule has 0 aromatic heterocycles. The first kappa shape index (κ1) is 16.1. The van der Waals surface area contributed by atoms with Gasteiger partial charge in [0.1, 0.15) is 6.04 Å². The number of aliphatic carboxylic acids is 1. The van der Waals surface area contributed by atoms with Crippen molar-refractivity contribution in [3.05, 3.63) is 0 Å². The summed E-state index contributed by atoms with van der Waals surface area (Å²) in [5.41, 5.74) is -0.459. The molecule has 1 rings (SSSR count). The van der Waals surface area contributed by atoms with Gasteiger partial charge in [-0.05, 0) is 27.7 Å². The Morgan fingerprint density at radius 3 is 2.68 bits per heavy atom. The number of nitrogens with zero attached hydrogens (tertiary/aromatic N) is 1. The molecule has 0 spiro atoms. The lowest BCUT2D eigenvalue weighted by Crippen LogP contribution is -2.52. The molecule has 0 radical (unpaired) electrons. The van der Waals surface area contributed by atoms with E-state index in [-0.39, 0.29) is 11.4 Å². The Labute approximate surface area is 117 Å². The molecule has 1 aliphatic rings. The number of hydrogen-bond donors (Lipinski definition) is 2. The summed E-state index contributed by atoms with van der Waals surface area (Å²) >= 11 is 1.47. The summed E-state index contributed by atoms with van der Waals surface area (Å²) in [6.07, 6.45) is 0. The molecule has 1 saturated heterocycles. The third kappa shape index (κ3) is 4.28. The van der Waals surface area contributed by atoms with Crippen molar-refractivity contribution in [2.24, 2.45) is 0 Å². The van der Waals surface area contributed by atoms with E-state index < -0.39 is 17.6 Å². The second-order valence-corrected chi connectivity index (χ2v) is 6.39. The monoisotopic (exact) mass is 290 g/mol. The quantitative estimate of drug-likeness (QED) is 0.799. The summed E-state index contributed by atoms with van der Waals surface area (Å²) in [6.45, 7) is 8.40. The predicted octanol–water partition coefficient (Wildman–Crippen LogP) is 1.36. The number of carbonyl (C=O) groups excluding carboxylic acids is 1. The number of carbonyl (C=O) groups is 2. The van der Waals surface area contributed by atoms with E-state index in [1.54, 1.807) is 0 Å². The van der Waals surface area contributed by atoms with E-state index in [1.165, 1.54) is 16.7 Å². The topological polar surface area (TPSA) is 78.9 Å². The number of carboxylic acids is 1. The number of rotatable bonds is 5. The third-order valence-corrected chi connectivity index (χ3v) is 4.16. The van der Waals surface area contributed by atoms with Crippen LogP contribution in [0.1, 0.15) is 27.7 Å². The summed E-state index contributed by atoms with van der Waals surface area (Å²) in [5, 5.41) is 11.7. The van der Waals surface area contributed by atoms with Gasteiger partial charge in [-0.1, -0.05) is 0 Å². The van der Waals surface area contributed by atoms with Crippen molar-refractivity contribution in [3.63, 3.8) is 0 Å². The molecule has 0 bridgehead atoms. The summed E-state index contributed by atoms with van der Waals surface area (Å²) in [4.78, 5) is 24.6. The fraction of sp³-hybridized carbons (Fsp3) is 0.833. The van der Waals surface area contributed by atoms with Gasteiger partial charge in [0.2, 0.25) is 0 Å². The second kappa shape index (κ2) is 6.47. The van der Waals surface area contributed by atoms with Crippen molar-refractivity contribution in [1.82, 2.24) is 10.2 Å². The number of amides is 2. The lowest BCUT2D eigenvalue weighted by atomic mass is 10.1. The van der Waals surface area contributed by atoms with Crippen LogP contribution < -0.4 is 5.32 Å². The molecule has 6 nitrogen and oxygen atoms in total. The van der Waals surface area contributed by atoms with Crippen LogP contribution in [0.15, 0.2) is 0 Å². The molecule has 0 saturated carbocycles. The van der Waals surface area contributed by atoms with Crippen LogP contribution in [-0.4, -0.2) is 57.9 Å². The molecule has 0 aliphatic carbocycles. The Bertz CT molecular complexity index is 349. The first-order chi connectivity index (χ1) is 8.78. The molecule has 7 heteroatoms. The van der Waals surface area contributed by atoms with Crippen LogP contribution in [-0.2, 0) is 9.53 Å². The highest BCUT2D eigenvalue weighted by Gasteiger charge is 2.39. The Morgan fingerprint density at radius 2 is 2.16 bits per heavy atom. The van der Waals surface area contributed by atoms with Gasteiger partial charge < -0.3 is 15.2 Å². The molecule has 1 fully saturated rings. The maximum absolute atomic E-state index is 12.1. The zero-order valence-electron chi connectivity index (χ0n) is 11.8. The third-order valence-electron chi connectivity index (χ3n) is 2.94. The first-order valence-corrected chi connectivity index (χ1v) is 7.38. The van der Waals surface area contributed by atoms with Crippen LogP contribution in [0, 0.1) is 0 Å². The average Bonchev–Trinajstić information content (AvgIpc) is 2.68. The maximum atomic E-state index is 12.1. The molecular formula is C12H22N2O4S. The fourth-order valence-electron chi connectivity index (χ4n) is 1.96. The molecular weight excluding hydrogens is 268 g/mol. The van der Waals surface area contributed by atoms with Crippen LogP contribution in [0.4, 0.5) is 4.79 Å². The number of urea groups is 1. The van der Waals surface area contributed by atoms with Gasteiger partial charge in [-0.25, -0.2) is 9.59 Å². The van der Waals surface area contributed by atoms with Crippen LogP contribution >= 0.6 is 11.8 Å². The fourth-order valence-corrected chi connectivity index (χ4v) is 3.13. The van der Waals surface area contributed by atoms with Crippen molar-refractivity contribution >= 4 is 23.8 Å². The van der Waals surface area contributed by atoms with Gasteiger partial charge in [0, 0.05) is 18.9 Å². The average molecular weight is 290 g/mol. The minimum atomic E-state index is -0.962. The van der Waals surface area contributed by atoms with Crippen LogP contribution in [0.25, 0.3) is 0 Å².